The molecular formula is C21H25ClN2O8. The van der Waals surface area contributed by atoms with Gasteiger partial charge in [0.1, 0.15) is 16.9 Å². The zero-order chi connectivity index (χ0) is 24.2. The molecule has 2 amide bonds. The van der Waals surface area contributed by atoms with Crippen LogP contribution in [0.1, 0.15) is 46.6 Å². The molecule has 3 rings (SSSR count). The molecule has 32 heavy (non-hydrogen) atoms. The standard InChI is InChI=1S/C21H25ClN2O8/c1-6-31-16(25)15-14(24(29)30)10-20(5,28)21(15)12-9-11(22)7-8-13(12)23(17(21)26)18(27)32-19(2,3)4/h7-9,14-15,28H,6,10H2,1-5H3/t14-,15-,20+,21-/m0/s1. The smallest absolute Gasteiger partial charge is 0.421 e. The van der Waals surface area contributed by atoms with E-state index in [-0.39, 0.29) is 22.9 Å². The molecule has 1 fully saturated rings. The van der Waals surface area contributed by atoms with E-state index in [9.17, 15) is 29.6 Å². The maximum atomic E-state index is 13.9. The Balaban J connectivity index is 2.32. The van der Waals surface area contributed by atoms with Gasteiger partial charge in [0.2, 0.25) is 6.04 Å². The quantitative estimate of drug-likeness (QED) is 0.406. The van der Waals surface area contributed by atoms with E-state index in [2.05, 4.69) is 0 Å². The van der Waals surface area contributed by atoms with Gasteiger partial charge < -0.3 is 14.6 Å². The molecule has 1 aliphatic carbocycles. The fourth-order valence-electron chi connectivity index (χ4n) is 4.80. The second kappa shape index (κ2) is 7.70. The number of nitro groups is 1. The average molecular weight is 469 g/mol. The Morgan fingerprint density at radius 1 is 1.38 bits per heavy atom. The Bertz CT molecular complexity index is 1000. The van der Waals surface area contributed by atoms with E-state index in [1.54, 1.807) is 20.8 Å². The SMILES string of the molecule is CCOC(=O)[C@@H]1[C@@H]([N+](=O)[O-])C[C@@](C)(O)[C@]12C(=O)N(C(=O)OC(C)(C)C)c1ccc(Cl)cc12. The van der Waals surface area contributed by atoms with E-state index < -0.39 is 57.9 Å². The fraction of sp³-hybridized carbons (Fsp3) is 0.571. The van der Waals surface area contributed by atoms with Crippen molar-refractivity contribution in [2.75, 3.05) is 11.5 Å². The third-order valence-corrected chi connectivity index (χ3v) is 6.09. The Hall–Kier alpha value is -2.72. The lowest BCUT2D eigenvalue weighted by molar-refractivity contribution is -0.528. The number of anilines is 1. The number of aliphatic hydroxyl groups is 1. The van der Waals surface area contributed by atoms with Crippen molar-refractivity contribution in [2.24, 2.45) is 5.92 Å². The third kappa shape index (κ3) is 3.41. The first-order valence-corrected chi connectivity index (χ1v) is 10.5. The minimum atomic E-state index is -2.17. The van der Waals surface area contributed by atoms with Gasteiger partial charge >= 0.3 is 12.1 Å². The van der Waals surface area contributed by atoms with Crippen molar-refractivity contribution in [1.82, 2.24) is 0 Å². The molecule has 1 heterocycles. The number of benzene rings is 1. The Morgan fingerprint density at radius 3 is 2.53 bits per heavy atom. The summed E-state index contributed by atoms with van der Waals surface area (Å²) in [6, 6.07) is 2.52. The summed E-state index contributed by atoms with van der Waals surface area (Å²) in [7, 11) is 0. The lowest BCUT2D eigenvalue weighted by Gasteiger charge is -2.37. The summed E-state index contributed by atoms with van der Waals surface area (Å²) in [5.41, 5.74) is -5.13. The van der Waals surface area contributed by atoms with Crippen LogP contribution in [-0.2, 0) is 24.5 Å². The predicted molar refractivity (Wildman–Crippen MR) is 113 cm³/mol. The monoisotopic (exact) mass is 468 g/mol. The number of ether oxygens (including phenoxy) is 2. The van der Waals surface area contributed by atoms with E-state index in [0.717, 1.165) is 0 Å². The molecule has 11 heteroatoms. The van der Waals surface area contributed by atoms with Crippen molar-refractivity contribution in [3.8, 4) is 0 Å². The number of hydrogen-bond donors (Lipinski definition) is 1. The van der Waals surface area contributed by atoms with E-state index in [0.29, 0.717) is 4.90 Å². The van der Waals surface area contributed by atoms with Crippen LogP contribution < -0.4 is 4.90 Å². The fourth-order valence-corrected chi connectivity index (χ4v) is 4.97. The van der Waals surface area contributed by atoms with Crippen molar-refractivity contribution in [3.63, 3.8) is 0 Å². The van der Waals surface area contributed by atoms with Gasteiger partial charge in [-0.1, -0.05) is 11.6 Å². The van der Waals surface area contributed by atoms with Crippen LogP contribution in [0.3, 0.4) is 0 Å². The third-order valence-electron chi connectivity index (χ3n) is 5.86. The number of carbonyl (C=O) groups is 3. The minimum absolute atomic E-state index is 0.0345. The van der Waals surface area contributed by atoms with Crippen LogP contribution in [0.4, 0.5) is 10.5 Å². The molecule has 0 radical (unpaired) electrons. The molecular weight excluding hydrogens is 444 g/mol. The first kappa shape index (κ1) is 23.9. The molecule has 10 nitrogen and oxygen atoms in total. The summed E-state index contributed by atoms with van der Waals surface area (Å²) >= 11 is 6.17. The molecule has 2 aliphatic rings. The summed E-state index contributed by atoms with van der Waals surface area (Å²) in [4.78, 5) is 51.8. The highest BCUT2D eigenvalue weighted by atomic mass is 35.5. The molecule has 0 unspecified atom stereocenters. The lowest BCUT2D eigenvalue weighted by atomic mass is 9.65. The van der Waals surface area contributed by atoms with Crippen LogP contribution in [0.25, 0.3) is 0 Å². The molecule has 0 bridgehead atoms. The average Bonchev–Trinajstić information content (AvgIpc) is 3.04. The van der Waals surface area contributed by atoms with Gasteiger partial charge in [0.25, 0.3) is 5.91 Å². The van der Waals surface area contributed by atoms with Gasteiger partial charge in [-0.25, -0.2) is 9.69 Å². The topological polar surface area (TPSA) is 136 Å². The number of rotatable bonds is 3. The van der Waals surface area contributed by atoms with E-state index in [1.807, 2.05) is 0 Å². The van der Waals surface area contributed by atoms with Crippen LogP contribution in [0.15, 0.2) is 18.2 Å². The normalized spacial score (nSPS) is 29.2. The van der Waals surface area contributed by atoms with Gasteiger partial charge in [0.15, 0.2) is 0 Å². The van der Waals surface area contributed by atoms with Crippen LogP contribution in [0.5, 0.6) is 0 Å². The molecule has 1 spiro atoms. The highest BCUT2D eigenvalue weighted by Crippen LogP contribution is 2.60. The molecule has 0 saturated heterocycles. The highest BCUT2D eigenvalue weighted by Gasteiger charge is 2.77. The number of amides is 2. The van der Waals surface area contributed by atoms with E-state index >= 15 is 0 Å². The largest absolute Gasteiger partial charge is 0.466 e. The summed E-state index contributed by atoms with van der Waals surface area (Å²) in [5, 5.41) is 23.5. The maximum absolute atomic E-state index is 13.9. The lowest BCUT2D eigenvalue weighted by Crippen LogP contribution is -2.59. The van der Waals surface area contributed by atoms with Crippen molar-refractivity contribution >= 4 is 35.3 Å². The molecule has 4 atom stereocenters. The Kier molecular flexibility index (Phi) is 5.76. The summed E-state index contributed by atoms with van der Waals surface area (Å²) in [6.45, 7) is 7.50. The summed E-state index contributed by atoms with van der Waals surface area (Å²) in [6.07, 6.45) is -1.55. The number of fused-ring (bicyclic) bond motifs is 2. The number of esters is 1. The molecule has 1 aromatic rings. The van der Waals surface area contributed by atoms with Gasteiger partial charge in [-0.15, -0.1) is 0 Å². The Labute approximate surface area is 189 Å². The molecule has 1 aromatic carbocycles. The van der Waals surface area contributed by atoms with Crippen molar-refractivity contribution < 1.29 is 33.9 Å². The van der Waals surface area contributed by atoms with Crippen LogP contribution in [-0.4, -0.2) is 51.9 Å². The number of carbonyl (C=O) groups excluding carboxylic acids is 3. The van der Waals surface area contributed by atoms with Crippen LogP contribution in [0.2, 0.25) is 5.02 Å². The number of halogens is 1. The van der Waals surface area contributed by atoms with Gasteiger partial charge in [-0.3, -0.25) is 19.7 Å². The molecule has 1 aliphatic heterocycles. The van der Waals surface area contributed by atoms with Gasteiger partial charge in [-0.05, 0) is 58.4 Å². The zero-order valence-electron chi connectivity index (χ0n) is 18.4. The van der Waals surface area contributed by atoms with E-state index in [4.69, 9.17) is 21.1 Å². The minimum Gasteiger partial charge on any atom is -0.466 e. The summed E-state index contributed by atoms with van der Waals surface area (Å²) < 4.78 is 10.5. The zero-order valence-corrected chi connectivity index (χ0v) is 19.1. The molecule has 174 valence electrons. The molecule has 1 N–H and O–H groups in total. The molecule has 1 saturated carbocycles. The maximum Gasteiger partial charge on any atom is 0.421 e. The first-order valence-electron chi connectivity index (χ1n) is 10.1. The molecule has 0 aromatic heterocycles. The van der Waals surface area contributed by atoms with Crippen LogP contribution >= 0.6 is 11.6 Å². The predicted octanol–water partition coefficient (Wildman–Crippen LogP) is 2.84. The van der Waals surface area contributed by atoms with E-state index in [1.165, 1.54) is 32.0 Å². The Morgan fingerprint density at radius 2 is 2.00 bits per heavy atom. The second-order valence-electron chi connectivity index (χ2n) is 9.15. The van der Waals surface area contributed by atoms with Gasteiger partial charge in [0.05, 0.1) is 17.9 Å². The van der Waals surface area contributed by atoms with Crippen molar-refractivity contribution in [3.05, 3.63) is 38.9 Å². The van der Waals surface area contributed by atoms with Crippen LogP contribution in [0, 0.1) is 16.0 Å². The van der Waals surface area contributed by atoms with Gasteiger partial charge in [0, 0.05) is 16.4 Å². The van der Waals surface area contributed by atoms with Crippen molar-refractivity contribution in [2.45, 2.75) is 63.7 Å². The number of nitrogens with zero attached hydrogens (tertiary/aromatic N) is 2. The first-order chi connectivity index (χ1) is 14.7. The highest BCUT2D eigenvalue weighted by molar-refractivity contribution is 6.31. The second-order valence-corrected chi connectivity index (χ2v) is 9.59. The number of hydrogen-bond acceptors (Lipinski definition) is 8. The van der Waals surface area contributed by atoms with Crippen molar-refractivity contribution in [1.29, 1.82) is 0 Å². The summed E-state index contributed by atoms with van der Waals surface area (Å²) in [5.74, 6) is -3.71. The number of imide groups is 1. The van der Waals surface area contributed by atoms with Gasteiger partial charge in [-0.2, -0.15) is 0 Å².